The Morgan fingerprint density at radius 1 is 1.04 bits per heavy atom. The van der Waals surface area contributed by atoms with Gasteiger partial charge in [0, 0.05) is 43.6 Å². The molecule has 3 N–H and O–H groups in total. The van der Waals surface area contributed by atoms with E-state index in [1.54, 1.807) is 12.4 Å². The number of hydrogen-bond donors (Lipinski definition) is 2. The summed E-state index contributed by atoms with van der Waals surface area (Å²) >= 11 is 0. The Kier molecular flexibility index (Phi) is 10.7. The van der Waals surface area contributed by atoms with E-state index in [1.165, 1.54) is 11.3 Å². The number of nitrogen functional groups attached to an aromatic ring is 1. The van der Waals surface area contributed by atoms with Gasteiger partial charge in [-0.1, -0.05) is 33.8 Å². The fourth-order valence-electron chi connectivity index (χ4n) is 2.13. The summed E-state index contributed by atoms with van der Waals surface area (Å²) in [5.41, 5.74) is 9.12. The molecule has 0 amide bonds. The zero-order valence-corrected chi connectivity index (χ0v) is 16.9. The maximum atomic E-state index is 5.58. The van der Waals surface area contributed by atoms with Gasteiger partial charge in [0.15, 0.2) is 0 Å². The van der Waals surface area contributed by atoms with E-state index in [1.807, 2.05) is 66.9 Å². The normalized spacial score (nSPS) is 8.96. The molecule has 0 saturated heterocycles. The highest BCUT2D eigenvalue weighted by Crippen LogP contribution is 2.18. The first kappa shape index (κ1) is 22.4. The van der Waals surface area contributed by atoms with Gasteiger partial charge in [0.2, 0.25) is 0 Å². The number of pyridine rings is 2. The van der Waals surface area contributed by atoms with E-state index in [-0.39, 0.29) is 0 Å². The molecule has 0 radical (unpaired) electrons. The standard InChI is InChI=1S/C9H11N3.C7H10N2.2C2H6/c1-6-3-7-5-11-9(10)4-8(7)12(6)2;1-6-4-3-5-9-7(6)8-2;2*1-2/h3-5H,1-2H3,(H2,10,11);3-5H,1-2H3,(H,8,9);2*1-2H3. The molecule has 5 heteroatoms. The zero-order chi connectivity index (χ0) is 19.4. The Morgan fingerprint density at radius 2 is 1.68 bits per heavy atom. The van der Waals surface area contributed by atoms with Gasteiger partial charge in [-0.05, 0) is 31.5 Å². The molecule has 0 saturated carbocycles. The lowest BCUT2D eigenvalue weighted by Gasteiger charge is -1.99. The monoisotopic (exact) mass is 343 g/mol. The quantitative estimate of drug-likeness (QED) is 0.656. The maximum absolute atomic E-state index is 5.58. The molecule has 5 nitrogen and oxygen atoms in total. The number of nitrogens with zero attached hydrogens (tertiary/aromatic N) is 3. The predicted octanol–water partition coefficient (Wildman–Crippen LogP) is 4.95. The first-order valence-electron chi connectivity index (χ1n) is 8.80. The van der Waals surface area contributed by atoms with E-state index < -0.39 is 0 Å². The van der Waals surface area contributed by atoms with Gasteiger partial charge >= 0.3 is 0 Å². The molecule has 0 aliphatic rings. The van der Waals surface area contributed by atoms with Crippen LogP contribution in [0.15, 0.2) is 36.7 Å². The second kappa shape index (κ2) is 11.9. The van der Waals surface area contributed by atoms with Gasteiger partial charge in [0.1, 0.15) is 11.6 Å². The molecule has 0 aliphatic heterocycles. The van der Waals surface area contributed by atoms with Crippen molar-refractivity contribution < 1.29 is 0 Å². The van der Waals surface area contributed by atoms with Crippen molar-refractivity contribution >= 4 is 22.5 Å². The fraction of sp³-hybridized carbons (Fsp3) is 0.400. The minimum absolute atomic E-state index is 0.573. The molecule has 25 heavy (non-hydrogen) atoms. The summed E-state index contributed by atoms with van der Waals surface area (Å²) in [6.07, 6.45) is 3.58. The van der Waals surface area contributed by atoms with Crippen LogP contribution in [0.2, 0.25) is 0 Å². The van der Waals surface area contributed by atoms with Crippen molar-refractivity contribution in [2.24, 2.45) is 7.05 Å². The van der Waals surface area contributed by atoms with Crippen LogP contribution in [0, 0.1) is 13.8 Å². The number of fused-ring (bicyclic) bond motifs is 1. The lowest BCUT2D eigenvalue weighted by Crippen LogP contribution is -1.93. The van der Waals surface area contributed by atoms with E-state index in [4.69, 9.17) is 5.73 Å². The number of nitrogens with two attached hydrogens (primary N) is 1. The molecule has 0 unspecified atom stereocenters. The highest BCUT2D eigenvalue weighted by molar-refractivity contribution is 5.82. The average molecular weight is 344 g/mol. The topological polar surface area (TPSA) is 68.8 Å². The van der Waals surface area contributed by atoms with Crippen molar-refractivity contribution in [3.8, 4) is 0 Å². The Balaban J connectivity index is 0.000000396. The molecule has 3 aromatic heterocycles. The molecular weight excluding hydrogens is 310 g/mol. The van der Waals surface area contributed by atoms with E-state index in [9.17, 15) is 0 Å². The van der Waals surface area contributed by atoms with Gasteiger partial charge in [0.05, 0.1) is 5.52 Å². The van der Waals surface area contributed by atoms with Crippen molar-refractivity contribution in [3.63, 3.8) is 0 Å². The Morgan fingerprint density at radius 3 is 2.20 bits per heavy atom. The minimum Gasteiger partial charge on any atom is -0.384 e. The van der Waals surface area contributed by atoms with Crippen LogP contribution in [0.25, 0.3) is 10.9 Å². The number of nitrogens with one attached hydrogen (secondary N) is 1. The van der Waals surface area contributed by atoms with E-state index in [2.05, 4.69) is 32.8 Å². The van der Waals surface area contributed by atoms with Crippen LogP contribution in [0.5, 0.6) is 0 Å². The van der Waals surface area contributed by atoms with Gasteiger partial charge < -0.3 is 15.6 Å². The lowest BCUT2D eigenvalue weighted by molar-refractivity contribution is 0.918. The van der Waals surface area contributed by atoms with Crippen LogP contribution in [0.3, 0.4) is 0 Å². The number of rotatable bonds is 1. The summed E-state index contributed by atoms with van der Waals surface area (Å²) < 4.78 is 2.10. The molecule has 0 aliphatic carbocycles. The van der Waals surface area contributed by atoms with Crippen molar-refractivity contribution in [2.75, 3.05) is 18.1 Å². The summed E-state index contributed by atoms with van der Waals surface area (Å²) in [7, 11) is 3.90. The molecule has 3 heterocycles. The van der Waals surface area contributed by atoms with Crippen molar-refractivity contribution in [1.29, 1.82) is 0 Å². The lowest BCUT2D eigenvalue weighted by atomic mass is 10.3. The summed E-state index contributed by atoms with van der Waals surface area (Å²) in [5.74, 6) is 1.53. The molecule has 3 rings (SSSR count). The number of aryl methyl sites for hydroxylation is 3. The molecule has 3 aromatic rings. The van der Waals surface area contributed by atoms with Crippen LogP contribution in [-0.4, -0.2) is 21.6 Å². The highest BCUT2D eigenvalue weighted by Gasteiger charge is 2.01. The summed E-state index contributed by atoms with van der Waals surface area (Å²) in [6.45, 7) is 12.1. The van der Waals surface area contributed by atoms with Gasteiger partial charge in [-0.2, -0.15) is 0 Å². The third kappa shape index (κ3) is 6.45. The molecule has 138 valence electrons. The zero-order valence-electron chi connectivity index (χ0n) is 16.9. The number of aromatic nitrogens is 3. The fourth-order valence-corrected chi connectivity index (χ4v) is 2.13. The minimum atomic E-state index is 0.573. The summed E-state index contributed by atoms with van der Waals surface area (Å²) in [5, 5.41) is 4.13. The molecule has 0 spiro atoms. The summed E-state index contributed by atoms with van der Waals surface area (Å²) in [6, 6.07) is 7.94. The number of anilines is 2. The highest BCUT2D eigenvalue weighted by atomic mass is 15.0. The third-order valence-electron chi connectivity index (χ3n) is 3.43. The first-order chi connectivity index (χ1) is 12.0. The predicted molar refractivity (Wildman–Crippen MR) is 111 cm³/mol. The Hall–Kier alpha value is -2.56. The summed E-state index contributed by atoms with van der Waals surface area (Å²) in [4.78, 5) is 8.11. The van der Waals surface area contributed by atoms with Crippen LogP contribution >= 0.6 is 0 Å². The van der Waals surface area contributed by atoms with Gasteiger partial charge in [-0.3, -0.25) is 0 Å². The smallest absolute Gasteiger partial charge is 0.128 e. The van der Waals surface area contributed by atoms with Crippen LogP contribution in [0.4, 0.5) is 11.6 Å². The Bertz CT molecular complexity index is 747. The van der Waals surface area contributed by atoms with Crippen LogP contribution in [0.1, 0.15) is 39.0 Å². The molecule has 0 fully saturated rings. The van der Waals surface area contributed by atoms with E-state index >= 15 is 0 Å². The largest absolute Gasteiger partial charge is 0.384 e. The molecular formula is C20H33N5. The van der Waals surface area contributed by atoms with E-state index in [0.717, 1.165) is 16.7 Å². The SMILES string of the molecule is CC.CC.CNc1ncccc1C.Cc1cc2cnc(N)cc2n1C. The molecule has 0 aromatic carbocycles. The van der Waals surface area contributed by atoms with Gasteiger partial charge in [-0.25, -0.2) is 9.97 Å². The Labute approximate surface area is 152 Å². The van der Waals surface area contributed by atoms with Crippen LogP contribution in [-0.2, 0) is 7.05 Å². The van der Waals surface area contributed by atoms with Crippen molar-refractivity contribution in [2.45, 2.75) is 41.5 Å². The number of hydrogen-bond acceptors (Lipinski definition) is 4. The van der Waals surface area contributed by atoms with E-state index in [0.29, 0.717) is 5.82 Å². The first-order valence-corrected chi connectivity index (χ1v) is 8.80. The van der Waals surface area contributed by atoms with Gasteiger partial charge in [0.25, 0.3) is 0 Å². The molecule has 0 bridgehead atoms. The average Bonchev–Trinajstić information content (AvgIpc) is 2.94. The third-order valence-corrected chi connectivity index (χ3v) is 3.43. The maximum Gasteiger partial charge on any atom is 0.128 e. The second-order valence-electron chi connectivity index (χ2n) is 4.93. The second-order valence-corrected chi connectivity index (χ2v) is 4.93. The molecule has 0 atom stereocenters. The van der Waals surface area contributed by atoms with Gasteiger partial charge in [-0.15, -0.1) is 0 Å². The van der Waals surface area contributed by atoms with Crippen molar-refractivity contribution in [3.05, 3.63) is 47.9 Å². The van der Waals surface area contributed by atoms with Crippen LogP contribution < -0.4 is 11.1 Å². The van der Waals surface area contributed by atoms with Crippen molar-refractivity contribution in [1.82, 2.24) is 14.5 Å².